The van der Waals surface area contributed by atoms with Crippen molar-refractivity contribution in [2.45, 2.75) is 31.1 Å². The maximum atomic E-state index is 13.6. The largest absolute Gasteiger partial charge is 0.419 e. The SMILES string of the molecule is O=C(c1cccc(F)c1C(F)(F)F)C1CC2COCC(C1)N2. The normalized spacial score (nSPS) is 28.5. The summed E-state index contributed by atoms with van der Waals surface area (Å²) >= 11 is 0. The fraction of sp³-hybridized carbons (Fsp3) is 0.533. The second kappa shape index (κ2) is 5.62. The Morgan fingerprint density at radius 1 is 1.18 bits per heavy atom. The molecule has 2 atom stereocenters. The first kappa shape index (κ1) is 15.4. The first-order valence-electron chi connectivity index (χ1n) is 7.10. The van der Waals surface area contributed by atoms with E-state index in [1.54, 1.807) is 0 Å². The van der Waals surface area contributed by atoms with Crippen LogP contribution in [0.2, 0.25) is 0 Å². The van der Waals surface area contributed by atoms with Crippen molar-refractivity contribution in [3.05, 3.63) is 35.1 Å². The molecule has 22 heavy (non-hydrogen) atoms. The first-order chi connectivity index (χ1) is 10.4. The fourth-order valence-corrected chi connectivity index (χ4v) is 3.29. The van der Waals surface area contributed by atoms with Crippen LogP contribution in [-0.2, 0) is 10.9 Å². The Hall–Kier alpha value is -1.47. The lowest BCUT2D eigenvalue weighted by Crippen LogP contribution is -2.55. The van der Waals surface area contributed by atoms with Crippen LogP contribution in [0.15, 0.2) is 18.2 Å². The minimum atomic E-state index is -4.89. The minimum absolute atomic E-state index is 0.0376. The summed E-state index contributed by atoms with van der Waals surface area (Å²) in [5.74, 6) is -2.58. The van der Waals surface area contributed by atoms with Gasteiger partial charge in [0.05, 0.1) is 13.2 Å². The Bertz CT molecular complexity index is 575. The molecule has 0 radical (unpaired) electrons. The molecule has 2 saturated heterocycles. The van der Waals surface area contributed by atoms with Gasteiger partial charge in [0.15, 0.2) is 5.78 Å². The molecule has 7 heteroatoms. The number of carbonyl (C=O) groups excluding carboxylic acids is 1. The average molecular weight is 317 g/mol. The van der Waals surface area contributed by atoms with Crippen molar-refractivity contribution in [3.63, 3.8) is 0 Å². The Kier molecular flexibility index (Phi) is 3.94. The van der Waals surface area contributed by atoms with Crippen LogP contribution in [0, 0.1) is 11.7 Å². The van der Waals surface area contributed by atoms with Crippen molar-refractivity contribution < 1.29 is 27.1 Å². The molecule has 2 aliphatic rings. The number of halogens is 4. The van der Waals surface area contributed by atoms with Gasteiger partial charge >= 0.3 is 6.18 Å². The molecule has 3 rings (SSSR count). The molecule has 2 heterocycles. The quantitative estimate of drug-likeness (QED) is 0.673. The van der Waals surface area contributed by atoms with Crippen LogP contribution in [0.3, 0.4) is 0 Å². The molecule has 2 bridgehead atoms. The highest BCUT2D eigenvalue weighted by Gasteiger charge is 2.41. The van der Waals surface area contributed by atoms with Crippen LogP contribution in [0.5, 0.6) is 0 Å². The molecular formula is C15H15F4NO2. The number of nitrogens with one attached hydrogen (secondary N) is 1. The van der Waals surface area contributed by atoms with Gasteiger partial charge in [0.2, 0.25) is 0 Å². The molecule has 1 aromatic carbocycles. The molecule has 0 amide bonds. The van der Waals surface area contributed by atoms with E-state index in [0.717, 1.165) is 18.2 Å². The van der Waals surface area contributed by atoms with Crippen molar-refractivity contribution in [1.82, 2.24) is 5.32 Å². The van der Waals surface area contributed by atoms with E-state index in [1.165, 1.54) is 0 Å². The predicted octanol–water partition coefficient (Wildman–Crippen LogP) is 2.79. The number of hydrogen-bond donors (Lipinski definition) is 1. The summed E-state index contributed by atoms with van der Waals surface area (Å²) in [5, 5.41) is 3.27. The number of piperidine rings is 1. The van der Waals surface area contributed by atoms with E-state index < -0.39 is 34.8 Å². The first-order valence-corrected chi connectivity index (χ1v) is 7.10. The number of benzene rings is 1. The van der Waals surface area contributed by atoms with Crippen LogP contribution in [0.25, 0.3) is 0 Å². The Morgan fingerprint density at radius 2 is 1.82 bits per heavy atom. The maximum absolute atomic E-state index is 13.6. The third-order valence-corrected chi connectivity index (χ3v) is 4.18. The Labute approximate surface area is 124 Å². The number of ketones is 1. The third-order valence-electron chi connectivity index (χ3n) is 4.18. The van der Waals surface area contributed by atoms with Gasteiger partial charge in [0.1, 0.15) is 11.4 Å². The second-order valence-electron chi connectivity index (χ2n) is 5.79. The smallest absolute Gasteiger partial charge is 0.378 e. The zero-order chi connectivity index (χ0) is 15.9. The van der Waals surface area contributed by atoms with Gasteiger partial charge in [0.25, 0.3) is 0 Å². The highest BCUT2D eigenvalue weighted by atomic mass is 19.4. The molecule has 3 nitrogen and oxygen atoms in total. The number of fused-ring (bicyclic) bond motifs is 2. The van der Waals surface area contributed by atoms with Crippen LogP contribution in [-0.4, -0.2) is 31.1 Å². The summed E-state index contributed by atoms with van der Waals surface area (Å²) in [6, 6.07) is 2.85. The lowest BCUT2D eigenvalue weighted by molar-refractivity contribution is -0.140. The summed E-state index contributed by atoms with van der Waals surface area (Å²) < 4.78 is 58.1. The summed E-state index contributed by atoms with van der Waals surface area (Å²) in [6.45, 7) is 0.880. The summed E-state index contributed by atoms with van der Waals surface area (Å²) in [5.41, 5.74) is -2.03. The second-order valence-corrected chi connectivity index (χ2v) is 5.79. The number of morpholine rings is 1. The van der Waals surface area contributed by atoms with E-state index in [9.17, 15) is 22.4 Å². The highest BCUT2D eigenvalue weighted by molar-refractivity contribution is 5.99. The maximum Gasteiger partial charge on any atom is 0.419 e. The molecule has 1 aromatic rings. The number of hydrogen-bond acceptors (Lipinski definition) is 3. The Morgan fingerprint density at radius 3 is 2.41 bits per heavy atom. The van der Waals surface area contributed by atoms with Gasteiger partial charge in [-0.3, -0.25) is 4.79 Å². The topological polar surface area (TPSA) is 38.3 Å². The van der Waals surface area contributed by atoms with Crippen molar-refractivity contribution >= 4 is 5.78 Å². The molecular weight excluding hydrogens is 302 g/mol. The van der Waals surface area contributed by atoms with Gasteiger partial charge in [-0.25, -0.2) is 4.39 Å². The van der Waals surface area contributed by atoms with Crippen molar-refractivity contribution in [3.8, 4) is 0 Å². The molecule has 0 spiro atoms. The van der Waals surface area contributed by atoms with Gasteiger partial charge in [-0.05, 0) is 18.9 Å². The van der Waals surface area contributed by atoms with E-state index in [1.807, 2.05) is 0 Å². The number of carbonyl (C=O) groups is 1. The lowest BCUT2D eigenvalue weighted by atomic mass is 9.81. The molecule has 2 aliphatic heterocycles. The van der Waals surface area contributed by atoms with E-state index >= 15 is 0 Å². The number of rotatable bonds is 2. The van der Waals surface area contributed by atoms with Crippen molar-refractivity contribution in [1.29, 1.82) is 0 Å². The highest BCUT2D eigenvalue weighted by Crippen LogP contribution is 2.36. The van der Waals surface area contributed by atoms with Crippen LogP contribution in [0.1, 0.15) is 28.8 Å². The lowest BCUT2D eigenvalue weighted by Gasteiger charge is -2.39. The van der Waals surface area contributed by atoms with Crippen LogP contribution in [0.4, 0.5) is 17.6 Å². The van der Waals surface area contributed by atoms with Gasteiger partial charge < -0.3 is 10.1 Å². The average Bonchev–Trinajstić information content (AvgIpc) is 2.44. The van der Waals surface area contributed by atoms with Crippen LogP contribution < -0.4 is 5.32 Å². The molecule has 0 aliphatic carbocycles. The van der Waals surface area contributed by atoms with E-state index in [2.05, 4.69) is 5.32 Å². The molecule has 1 N–H and O–H groups in total. The molecule has 0 saturated carbocycles. The fourth-order valence-electron chi connectivity index (χ4n) is 3.29. The molecule has 2 fully saturated rings. The minimum Gasteiger partial charge on any atom is -0.378 e. The van der Waals surface area contributed by atoms with E-state index in [4.69, 9.17) is 4.74 Å². The summed E-state index contributed by atoms with van der Waals surface area (Å²) in [4.78, 5) is 12.5. The van der Waals surface area contributed by atoms with E-state index in [-0.39, 0.29) is 12.1 Å². The van der Waals surface area contributed by atoms with Gasteiger partial charge in [0, 0.05) is 23.6 Å². The molecule has 0 aromatic heterocycles. The predicted molar refractivity (Wildman–Crippen MR) is 70.0 cm³/mol. The van der Waals surface area contributed by atoms with Crippen molar-refractivity contribution in [2.24, 2.45) is 5.92 Å². The van der Waals surface area contributed by atoms with Gasteiger partial charge in [-0.15, -0.1) is 0 Å². The van der Waals surface area contributed by atoms with Gasteiger partial charge in [-0.1, -0.05) is 12.1 Å². The number of ether oxygens (including phenoxy) is 1. The monoisotopic (exact) mass is 317 g/mol. The molecule has 120 valence electrons. The summed E-state index contributed by atoms with van der Waals surface area (Å²) in [7, 11) is 0. The number of Topliss-reactive ketones (excluding diaryl/α,β-unsaturated/α-hetero) is 1. The summed E-state index contributed by atoms with van der Waals surface area (Å²) in [6.07, 6.45) is -4.07. The Balaban J connectivity index is 1.91. The molecule has 2 unspecified atom stereocenters. The zero-order valence-electron chi connectivity index (χ0n) is 11.6. The zero-order valence-corrected chi connectivity index (χ0v) is 11.6. The third kappa shape index (κ3) is 2.87. The number of alkyl halides is 3. The van der Waals surface area contributed by atoms with Gasteiger partial charge in [-0.2, -0.15) is 13.2 Å². The van der Waals surface area contributed by atoms with Crippen molar-refractivity contribution in [2.75, 3.05) is 13.2 Å². The van der Waals surface area contributed by atoms with E-state index in [0.29, 0.717) is 26.1 Å². The van der Waals surface area contributed by atoms with Crippen LogP contribution >= 0.6 is 0 Å². The standard InChI is InChI=1S/C15H15F4NO2/c16-12-3-1-2-11(13(12)15(17,18)19)14(21)8-4-9-6-22-7-10(5-8)20-9/h1-3,8-10,20H,4-7H2.